The first-order valence-corrected chi connectivity index (χ1v) is 9.10. The van der Waals surface area contributed by atoms with E-state index in [2.05, 4.69) is 61.6 Å². The Morgan fingerprint density at radius 2 is 2.00 bits per heavy atom. The molecule has 4 aromatic rings. The number of nitrogens with zero attached hydrogens (tertiary/aromatic N) is 3. The van der Waals surface area contributed by atoms with Crippen molar-refractivity contribution in [2.45, 2.75) is 18.9 Å². The molecule has 0 bridgehead atoms. The van der Waals surface area contributed by atoms with Crippen molar-refractivity contribution in [1.29, 1.82) is 0 Å². The van der Waals surface area contributed by atoms with Crippen molar-refractivity contribution < 1.29 is 0 Å². The molecule has 1 atom stereocenters. The van der Waals surface area contributed by atoms with Crippen LogP contribution >= 0.6 is 0 Å². The summed E-state index contributed by atoms with van der Waals surface area (Å²) in [7, 11) is 0. The Labute approximate surface area is 152 Å². The van der Waals surface area contributed by atoms with E-state index < -0.39 is 0 Å². The van der Waals surface area contributed by atoms with E-state index in [4.69, 9.17) is 0 Å². The molecule has 1 saturated heterocycles. The lowest BCUT2D eigenvalue weighted by Gasteiger charge is -2.14. The first kappa shape index (κ1) is 15.3. The summed E-state index contributed by atoms with van der Waals surface area (Å²) < 4.78 is 0. The zero-order valence-corrected chi connectivity index (χ0v) is 14.5. The highest BCUT2D eigenvalue weighted by atomic mass is 15.2. The van der Waals surface area contributed by atoms with Gasteiger partial charge in [0.15, 0.2) is 0 Å². The zero-order valence-electron chi connectivity index (χ0n) is 14.5. The minimum absolute atomic E-state index is 0.591. The maximum atomic E-state index is 4.45. The molecule has 26 heavy (non-hydrogen) atoms. The molecule has 1 aliphatic heterocycles. The Kier molecular flexibility index (Phi) is 3.79. The fraction of sp³-hybridized carbons (Fsp3) is 0.238. The van der Waals surface area contributed by atoms with Crippen LogP contribution in [0.15, 0.2) is 61.1 Å². The minimum Gasteiger partial charge on any atom is -0.361 e. The van der Waals surface area contributed by atoms with E-state index in [0.29, 0.717) is 5.92 Å². The molecule has 0 amide bonds. The van der Waals surface area contributed by atoms with Crippen LogP contribution in [0.4, 0.5) is 0 Å². The van der Waals surface area contributed by atoms with Crippen LogP contribution in [0.3, 0.4) is 0 Å². The Balaban J connectivity index is 1.29. The third-order valence-corrected chi connectivity index (χ3v) is 5.33. The summed E-state index contributed by atoms with van der Waals surface area (Å²) in [5, 5.41) is 9.01. The first-order valence-electron chi connectivity index (χ1n) is 9.10. The van der Waals surface area contributed by atoms with Crippen LogP contribution in [0.2, 0.25) is 0 Å². The van der Waals surface area contributed by atoms with Gasteiger partial charge in [0.05, 0.1) is 5.69 Å². The second-order valence-electron chi connectivity index (χ2n) is 7.02. The number of pyridine rings is 1. The van der Waals surface area contributed by atoms with E-state index in [1.54, 1.807) is 12.4 Å². The number of aromatic nitrogens is 4. The molecule has 1 aliphatic rings. The number of H-pyrrole nitrogens is 2. The number of likely N-dealkylation sites (tertiary alicyclic amines) is 1. The van der Waals surface area contributed by atoms with Crippen molar-refractivity contribution >= 4 is 10.9 Å². The van der Waals surface area contributed by atoms with E-state index in [9.17, 15) is 0 Å². The third kappa shape index (κ3) is 2.80. The molecule has 1 aromatic carbocycles. The summed E-state index contributed by atoms with van der Waals surface area (Å²) in [6.07, 6.45) is 7.00. The fourth-order valence-corrected chi connectivity index (χ4v) is 4.02. The topological polar surface area (TPSA) is 60.6 Å². The van der Waals surface area contributed by atoms with E-state index in [1.165, 1.54) is 22.9 Å². The van der Waals surface area contributed by atoms with Crippen LogP contribution in [-0.2, 0) is 6.54 Å². The minimum atomic E-state index is 0.591. The van der Waals surface area contributed by atoms with Gasteiger partial charge < -0.3 is 4.98 Å². The average molecular weight is 343 g/mol. The van der Waals surface area contributed by atoms with Crippen LogP contribution in [-0.4, -0.2) is 38.2 Å². The summed E-state index contributed by atoms with van der Waals surface area (Å²) in [6.45, 7) is 3.12. The number of benzene rings is 1. The van der Waals surface area contributed by atoms with Crippen molar-refractivity contribution in [2.75, 3.05) is 13.1 Å². The summed E-state index contributed by atoms with van der Waals surface area (Å²) in [5.41, 5.74) is 5.92. The van der Waals surface area contributed by atoms with Gasteiger partial charge >= 0.3 is 0 Å². The molecular formula is C21H21N5. The van der Waals surface area contributed by atoms with Gasteiger partial charge in [0.2, 0.25) is 0 Å². The van der Waals surface area contributed by atoms with Gasteiger partial charge in [-0.1, -0.05) is 18.2 Å². The largest absolute Gasteiger partial charge is 0.361 e. The van der Waals surface area contributed by atoms with Gasteiger partial charge in [0.25, 0.3) is 0 Å². The number of hydrogen-bond donors (Lipinski definition) is 2. The average Bonchev–Trinajstić information content (AvgIpc) is 3.42. The number of fused-ring (bicyclic) bond motifs is 1. The maximum absolute atomic E-state index is 4.45. The van der Waals surface area contributed by atoms with Crippen LogP contribution < -0.4 is 0 Å². The highest BCUT2D eigenvalue weighted by Gasteiger charge is 2.26. The first-order chi connectivity index (χ1) is 12.9. The molecule has 0 aliphatic carbocycles. The van der Waals surface area contributed by atoms with Crippen molar-refractivity contribution in [3.8, 4) is 11.3 Å². The summed E-state index contributed by atoms with van der Waals surface area (Å²) in [5.74, 6) is 0.591. The van der Waals surface area contributed by atoms with Crippen LogP contribution in [0, 0.1) is 0 Å². The third-order valence-electron chi connectivity index (χ3n) is 5.33. The number of hydrogen-bond acceptors (Lipinski definition) is 3. The Hall–Kier alpha value is -2.92. The lowest BCUT2D eigenvalue weighted by molar-refractivity contribution is 0.323. The predicted octanol–water partition coefficient (Wildman–Crippen LogP) is 3.94. The molecule has 2 N–H and O–H groups in total. The number of para-hydroxylation sites is 1. The van der Waals surface area contributed by atoms with E-state index >= 15 is 0 Å². The molecular weight excluding hydrogens is 322 g/mol. The molecule has 0 saturated carbocycles. The summed E-state index contributed by atoms with van der Waals surface area (Å²) in [4.78, 5) is 9.99. The van der Waals surface area contributed by atoms with Gasteiger partial charge in [-0.2, -0.15) is 5.10 Å². The SMILES string of the molecule is c1ccc2c([C@H]3CCN(Cc4cc(-c5ccncc5)n[nH]4)C3)c[nH]c2c1. The molecule has 1 fully saturated rings. The zero-order chi connectivity index (χ0) is 17.3. The molecule has 5 heteroatoms. The van der Waals surface area contributed by atoms with Crippen LogP contribution in [0.25, 0.3) is 22.2 Å². The quantitative estimate of drug-likeness (QED) is 0.590. The van der Waals surface area contributed by atoms with Gasteiger partial charge in [0, 0.05) is 53.8 Å². The molecule has 3 aromatic heterocycles. The van der Waals surface area contributed by atoms with Crippen molar-refractivity contribution in [2.24, 2.45) is 0 Å². The van der Waals surface area contributed by atoms with Gasteiger partial charge in [-0.3, -0.25) is 15.0 Å². The van der Waals surface area contributed by atoms with Gasteiger partial charge in [-0.25, -0.2) is 0 Å². The highest BCUT2D eigenvalue weighted by Crippen LogP contribution is 2.33. The van der Waals surface area contributed by atoms with E-state index in [1.807, 2.05) is 12.1 Å². The highest BCUT2D eigenvalue weighted by molar-refractivity contribution is 5.83. The molecule has 5 nitrogen and oxygen atoms in total. The van der Waals surface area contributed by atoms with E-state index in [-0.39, 0.29) is 0 Å². The second-order valence-corrected chi connectivity index (χ2v) is 7.02. The number of rotatable bonds is 4. The molecule has 4 heterocycles. The molecule has 0 unspecified atom stereocenters. The van der Waals surface area contributed by atoms with Crippen molar-refractivity contribution in [3.63, 3.8) is 0 Å². The lowest BCUT2D eigenvalue weighted by atomic mass is 9.98. The number of nitrogens with one attached hydrogen (secondary N) is 2. The summed E-state index contributed by atoms with van der Waals surface area (Å²) in [6, 6.07) is 14.7. The Bertz CT molecular complexity index is 1020. The van der Waals surface area contributed by atoms with Crippen LogP contribution in [0.5, 0.6) is 0 Å². The predicted molar refractivity (Wildman–Crippen MR) is 103 cm³/mol. The smallest absolute Gasteiger partial charge is 0.0925 e. The maximum Gasteiger partial charge on any atom is 0.0925 e. The number of aromatic amines is 2. The molecule has 130 valence electrons. The fourth-order valence-electron chi connectivity index (χ4n) is 4.02. The molecule has 5 rings (SSSR count). The lowest BCUT2D eigenvalue weighted by Crippen LogP contribution is -2.19. The second kappa shape index (κ2) is 6.42. The van der Waals surface area contributed by atoms with Crippen molar-refractivity contribution in [1.82, 2.24) is 25.1 Å². The standard InChI is InChI=1S/C21H21N5/c1-2-4-20-18(3-1)19(12-23-20)16-7-10-26(13-16)14-17-11-21(25-24-17)15-5-8-22-9-6-15/h1-6,8-9,11-12,16,23H,7,10,13-14H2,(H,24,25)/t16-/m0/s1. The monoisotopic (exact) mass is 343 g/mol. The van der Waals surface area contributed by atoms with Gasteiger partial charge in [0.1, 0.15) is 0 Å². The Morgan fingerprint density at radius 1 is 1.12 bits per heavy atom. The molecule has 0 radical (unpaired) electrons. The van der Waals surface area contributed by atoms with Crippen LogP contribution in [0.1, 0.15) is 23.6 Å². The van der Waals surface area contributed by atoms with E-state index in [0.717, 1.165) is 36.6 Å². The Morgan fingerprint density at radius 3 is 2.92 bits per heavy atom. The van der Waals surface area contributed by atoms with Gasteiger partial charge in [-0.05, 0) is 48.7 Å². The summed E-state index contributed by atoms with van der Waals surface area (Å²) >= 11 is 0. The van der Waals surface area contributed by atoms with Crippen molar-refractivity contribution in [3.05, 3.63) is 72.3 Å². The van der Waals surface area contributed by atoms with Gasteiger partial charge in [-0.15, -0.1) is 0 Å². The molecule has 0 spiro atoms. The normalized spacial score (nSPS) is 17.9.